The number of fused-ring (bicyclic) bond motifs is 1. The Morgan fingerprint density at radius 1 is 1.23 bits per heavy atom. The van der Waals surface area contributed by atoms with Gasteiger partial charge in [-0.05, 0) is 61.2 Å². The van der Waals surface area contributed by atoms with Crippen molar-refractivity contribution in [3.8, 4) is 11.1 Å². The molecule has 1 aliphatic heterocycles. The zero-order valence-corrected chi connectivity index (χ0v) is 17.5. The number of nitrogens with one attached hydrogen (secondary N) is 1. The smallest absolute Gasteiger partial charge is 0.0508 e. The summed E-state index contributed by atoms with van der Waals surface area (Å²) in [6.45, 7) is 7.64. The van der Waals surface area contributed by atoms with Crippen LogP contribution in [0.5, 0.6) is 0 Å². The molecule has 2 aromatic carbocycles. The van der Waals surface area contributed by atoms with Crippen molar-refractivity contribution >= 4 is 34.9 Å². The van der Waals surface area contributed by atoms with E-state index in [9.17, 15) is 0 Å². The molecule has 0 aliphatic carbocycles. The van der Waals surface area contributed by atoms with E-state index in [0.29, 0.717) is 6.04 Å². The Morgan fingerprint density at radius 3 is 2.73 bits per heavy atom. The lowest BCUT2D eigenvalue weighted by Gasteiger charge is -2.25. The average molecular weight is 387 g/mol. The highest BCUT2D eigenvalue weighted by Gasteiger charge is 2.28. The van der Waals surface area contributed by atoms with Crippen LogP contribution in [0.25, 0.3) is 16.8 Å². The van der Waals surface area contributed by atoms with E-state index < -0.39 is 0 Å². The molecule has 0 radical (unpaired) electrons. The summed E-state index contributed by atoms with van der Waals surface area (Å²) in [7, 11) is 0. The molecule has 2 aromatic rings. The molecule has 1 N–H and O–H groups in total. The molecule has 138 valence electrons. The van der Waals surface area contributed by atoms with E-state index in [-0.39, 0.29) is 0 Å². The van der Waals surface area contributed by atoms with E-state index in [1.54, 1.807) is 11.9 Å². The topological polar surface area (TPSA) is 15.3 Å². The van der Waals surface area contributed by atoms with Crippen LogP contribution >= 0.6 is 23.5 Å². The Morgan fingerprint density at radius 2 is 2.04 bits per heavy atom. The number of hydrogen-bond acceptors (Lipinski definition) is 3. The summed E-state index contributed by atoms with van der Waals surface area (Å²) >= 11 is 8.39. The van der Waals surface area contributed by atoms with Crippen LogP contribution in [0.15, 0.2) is 42.5 Å². The summed E-state index contributed by atoms with van der Waals surface area (Å²) in [5.74, 6) is 0. The zero-order chi connectivity index (χ0) is 18.7. The summed E-state index contributed by atoms with van der Waals surface area (Å²) in [5, 5.41) is 0.853. The Hall–Kier alpha value is -1.58. The van der Waals surface area contributed by atoms with Gasteiger partial charge >= 0.3 is 0 Å². The Bertz CT molecular complexity index is 814. The standard InChI is InChI=1S/C22H27ClN2S/c1-5-6-10-21-22-18(14-25(21)15(2)3)11-17(13-20(22)23)16-8-7-9-19(12-16)24-26-4/h7-13,15,24H,5-6,14H2,1-4H3/b21-10+. The van der Waals surface area contributed by atoms with Crippen LogP contribution in [0.3, 0.4) is 0 Å². The number of nitrogens with zero attached hydrogens (tertiary/aromatic N) is 1. The average Bonchev–Trinajstić information content (AvgIpc) is 3.00. The van der Waals surface area contributed by atoms with Crippen molar-refractivity contribution in [2.45, 2.75) is 46.2 Å². The van der Waals surface area contributed by atoms with Crippen LogP contribution in [0.2, 0.25) is 5.02 Å². The van der Waals surface area contributed by atoms with Crippen LogP contribution in [0.1, 0.15) is 44.7 Å². The minimum absolute atomic E-state index is 0.458. The first kappa shape index (κ1) is 19.2. The molecule has 3 rings (SSSR count). The highest BCUT2D eigenvalue weighted by Crippen LogP contribution is 2.42. The predicted octanol–water partition coefficient (Wildman–Crippen LogP) is 7.06. The first-order valence-electron chi connectivity index (χ1n) is 9.24. The van der Waals surface area contributed by atoms with Crippen molar-refractivity contribution in [2.24, 2.45) is 0 Å². The maximum absolute atomic E-state index is 6.78. The molecule has 0 atom stereocenters. The molecule has 0 fully saturated rings. The van der Waals surface area contributed by atoms with E-state index in [1.807, 2.05) is 6.26 Å². The molecule has 4 heteroatoms. The highest BCUT2D eigenvalue weighted by molar-refractivity contribution is 7.99. The fraction of sp³-hybridized carbons (Fsp3) is 0.364. The minimum atomic E-state index is 0.458. The number of halogens is 1. The molecule has 0 amide bonds. The third kappa shape index (κ3) is 3.89. The molecule has 0 unspecified atom stereocenters. The van der Waals surface area contributed by atoms with Crippen molar-refractivity contribution in [1.82, 2.24) is 4.90 Å². The molecular weight excluding hydrogens is 360 g/mol. The normalized spacial score (nSPS) is 15.0. The van der Waals surface area contributed by atoms with Gasteiger partial charge in [0.25, 0.3) is 0 Å². The maximum atomic E-state index is 6.78. The number of anilines is 1. The lowest BCUT2D eigenvalue weighted by atomic mass is 9.99. The molecule has 26 heavy (non-hydrogen) atoms. The molecule has 0 spiro atoms. The lowest BCUT2D eigenvalue weighted by molar-refractivity contribution is 0.338. The quantitative estimate of drug-likeness (QED) is 0.535. The molecule has 0 saturated carbocycles. The van der Waals surface area contributed by atoms with Gasteiger partial charge < -0.3 is 9.62 Å². The van der Waals surface area contributed by atoms with Crippen molar-refractivity contribution in [2.75, 3.05) is 11.0 Å². The van der Waals surface area contributed by atoms with E-state index in [2.05, 4.69) is 72.9 Å². The lowest BCUT2D eigenvalue weighted by Crippen LogP contribution is -2.23. The predicted molar refractivity (Wildman–Crippen MR) is 118 cm³/mol. The second-order valence-electron chi connectivity index (χ2n) is 6.98. The zero-order valence-electron chi connectivity index (χ0n) is 16.0. The molecular formula is C22H27ClN2S. The maximum Gasteiger partial charge on any atom is 0.0508 e. The van der Waals surface area contributed by atoms with Gasteiger partial charge in [-0.3, -0.25) is 0 Å². The van der Waals surface area contributed by atoms with Crippen LogP contribution in [-0.4, -0.2) is 17.2 Å². The van der Waals surface area contributed by atoms with Gasteiger partial charge in [0.1, 0.15) is 0 Å². The first-order chi connectivity index (χ1) is 12.5. The van der Waals surface area contributed by atoms with Crippen molar-refractivity contribution in [3.05, 3.63) is 58.6 Å². The number of unbranched alkanes of at least 4 members (excludes halogenated alkanes) is 1. The van der Waals surface area contributed by atoms with E-state index in [1.165, 1.54) is 28.0 Å². The van der Waals surface area contributed by atoms with Crippen LogP contribution in [0, 0.1) is 0 Å². The fourth-order valence-corrected chi connectivity index (χ4v) is 4.19. The van der Waals surface area contributed by atoms with Crippen LogP contribution in [0.4, 0.5) is 5.69 Å². The molecule has 0 aromatic heterocycles. The molecule has 1 heterocycles. The van der Waals surface area contributed by atoms with Gasteiger partial charge in [-0.15, -0.1) is 0 Å². The highest BCUT2D eigenvalue weighted by atomic mass is 35.5. The van der Waals surface area contributed by atoms with Gasteiger partial charge in [-0.25, -0.2) is 0 Å². The second-order valence-corrected chi connectivity index (χ2v) is 8.00. The third-order valence-electron chi connectivity index (χ3n) is 4.74. The second kappa shape index (κ2) is 8.41. The Labute approximate surface area is 166 Å². The van der Waals surface area contributed by atoms with Gasteiger partial charge in [0.2, 0.25) is 0 Å². The summed E-state index contributed by atoms with van der Waals surface area (Å²) in [5.41, 5.74) is 7.32. The van der Waals surface area contributed by atoms with Gasteiger partial charge in [0.05, 0.1) is 5.02 Å². The first-order valence-corrected chi connectivity index (χ1v) is 10.8. The molecule has 0 bridgehead atoms. The summed E-state index contributed by atoms with van der Waals surface area (Å²) < 4.78 is 3.30. The molecule has 2 nitrogen and oxygen atoms in total. The summed E-state index contributed by atoms with van der Waals surface area (Å²) in [4.78, 5) is 2.46. The minimum Gasteiger partial charge on any atom is -0.364 e. The monoisotopic (exact) mass is 386 g/mol. The number of hydrogen-bond donors (Lipinski definition) is 1. The van der Waals surface area contributed by atoms with Crippen molar-refractivity contribution < 1.29 is 0 Å². The van der Waals surface area contributed by atoms with Gasteiger partial charge in [-0.1, -0.05) is 55.1 Å². The third-order valence-corrected chi connectivity index (χ3v) is 5.48. The summed E-state index contributed by atoms with van der Waals surface area (Å²) in [6, 6.07) is 13.4. The van der Waals surface area contributed by atoms with Crippen molar-refractivity contribution in [3.63, 3.8) is 0 Å². The number of rotatable bonds is 6. The van der Waals surface area contributed by atoms with Crippen LogP contribution in [-0.2, 0) is 6.54 Å². The van der Waals surface area contributed by atoms with Crippen molar-refractivity contribution in [1.29, 1.82) is 0 Å². The van der Waals surface area contributed by atoms with E-state index in [0.717, 1.165) is 30.1 Å². The van der Waals surface area contributed by atoms with Gasteiger partial charge in [0, 0.05) is 35.8 Å². The Kier molecular flexibility index (Phi) is 6.20. The largest absolute Gasteiger partial charge is 0.364 e. The Balaban J connectivity index is 2.04. The number of benzene rings is 2. The molecule has 1 aliphatic rings. The SMILES string of the molecule is CCC/C=C1\c2c(Cl)cc(-c3cccc(NSC)c3)cc2CN1C(C)C. The van der Waals surface area contributed by atoms with E-state index in [4.69, 9.17) is 11.6 Å². The van der Waals surface area contributed by atoms with Crippen LogP contribution < -0.4 is 4.72 Å². The van der Waals surface area contributed by atoms with E-state index >= 15 is 0 Å². The van der Waals surface area contributed by atoms with Gasteiger partial charge in [0.15, 0.2) is 0 Å². The molecule has 0 saturated heterocycles. The number of allylic oxidation sites excluding steroid dienone is 1. The summed E-state index contributed by atoms with van der Waals surface area (Å²) in [6.07, 6.45) is 6.61. The van der Waals surface area contributed by atoms with Gasteiger partial charge in [-0.2, -0.15) is 0 Å². The fourth-order valence-electron chi connectivity index (χ4n) is 3.50.